The summed E-state index contributed by atoms with van der Waals surface area (Å²) in [4.78, 5) is 27.3. The predicted molar refractivity (Wildman–Crippen MR) is 89.9 cm³/mol. The van der Waals surface area contributed by atoms with Gasteiger partial charge in [-0.25, -0.2) is 4.79 Å². The normalized spacial score (nSPS) is 17.8. The first-order valence-corrected chi connectivity index (χ1v) is 8.00. The van der Waals surface area contributed by atoms with Crippen LogP contribution in [0.2, 0.25) is 0 Å². The first kappa shape index (κ1) is 18.1. The zero-order chi connectivity index (χ0) is 17.5. The molecular weight excluding hydrogens is 310 g/mol. The van der Waals surface area contributed by atoms with Crippen molar-refractivity contribution in [1.29, 1.82) is 0 Å². The Kier molecular flexibility index (Phi) is 6.43. The molecule has 1 aromatic carbocycles. The summed E-state index contributed by atoms with van der Waals surface area (Å²) in [6.45, 7) is 3.97. The first-order chi connectivity index (χ1) is 11.5. The number of carbonyl (C=O) groups is 2. The number of urea groups is 1. The highest BCUT2D eigenvalue weighted by Gasteiger charge is 2.29. The lowest BCUT2D eigenvalue weighted by molar-refractivity contribution is -0.135. The zero-order valence-corrected chi connectivity index (χ0v) is 14.4. The largest absolute Gasteiger partial charge is 0.491 e. The number of methoxy groups -OCH3 is 1. The minimum atomic E-state index is -0.228. The van der Waals surface area contributed by atoms with E-state index in [2.05, 4.69) is 5.32 Å². The fraction of sp³-hybridized carbons (Fsp3) is 0.529. The van der Waals surface area contributed by atoms with Crippen molar-refractivity contribution in [3.8, 4) is 5.75 Å². The number of benzene rings is 1. The number of likely N-dealkylation sites (N-methyl/N-ethyl adjacent to an activating group) is 1. The summed E-state index contributed by atoms with van der Waals surface area (Å²) in [6, 6.07) is 7.34. The summed E-state index contributed by atoms with van der Waals surface area (Å²) in [5.41, 5.74) is 0.937. The molecule has 1 atom stereocenters. The van der Waals surface area contributed by atoms with Gasteiger partial charge in [0.1, 0.15) is 18.9 Å². The molecule has 0 saturated carbocycles. The van der Waals surface area contributed by atoms with E-state index >= 15 is 0 Å². The van der Waals surface area contributed by atoms with Crippen LogP contribution in [0.25, 0.3) is 0 Å². The predicted octanol–water partition coefficient (Wildman–Crippen LogP) is 1.08. The van der Waals surface area contributed by atoms with Crippen LogP contribution in [-0.2, 0) is 16.1 Å². The van der Waals surface area contributed by atoms with Gasteiger partial charge in [-0.15, -0.1) is 0 Å². The molecule has 3 amide bonds. The van der Waals surface area contributed by atoms with Crippen LogP contribution in [-0.4, -0.2) is 68.2 Å². The zero-order valence-electron chi connectivity index (χ0n) is 14.4. The van der Waals surface area contributed by atoms with Crippen LogP contribution >= 0.6 is 0 Å². The molecule has 7 nitrogen and oxygen atoms in total. The smallest absolute Gasteiger partial charge is 0.318 e. The highest BCUT2D eigenvalue weighted by Crippen LogP contribution is 2.14. The lowest BCUT2D eigenvalue weighted by Crippen LogP contribution is -2.57. The summed E-state index contributed by atoms with van der Waals surface area (Å²) in [6.07, 6.45) is 0. The van der Waals surface area contributed by atoms with Crippen LogP contribution in [0.1, 0.15) is 12.5 Å². The Hall–Kier alpha value is -2.28. The molecule has 0 bridgehead atoms. The van der Waals surface area contributed by atoms with Gasteiger partial charge in [0.15, 0.2) is 0 Å². The van der Waals surface area contributed by atoms with Crippen molar-refractivity contribution in [2.45, 2.75) is 19.5 Å². The van der Waals surface area contributed by atoms with Gasteiger partial charge >= 0.3 is 6.03 Å². The highest BCUT2D eigenvalue weighted by molar-refractivity contribution is 5.85. The molecule has 0 aliphatic carbocycles. The summed E-state index contributed by atoms with van der Waals surface area (Å²) >= 11 is 0. The molecule has 1 heterocycles. The van der Waals surface area contributed by atoms with E-state index < -0.39 is 0 Å². The molecule has 2 rings (SSSR count). The van der Waals surface area contributed by atoms with Crippen molar-refractivity contribution in [2.75, 3.05) is 40.5 Å². The Morgan fingerprint density at radius 3 is 2.88 bits per heavy atom. The number of rotatable bonds is 6. The first-order valence-electron chi connectivity index (χ1n) is 8.00. The molecule has 1 N–H and O–H groups in total. The van der Waals surface area contributed by atoms with Gasteiger partial charge in [0.2, 0.25) is 5.91 Å². The van der Waals surface area contributed by atoms with E-state index in [4.69, 9.17) is 9.47 Å². The number of carbonyl (C=O) groups excluding carboxylic acids is 2. The number of nitrogens with zero attached hydrogens (tertiary/aromatic N) is 2. The quantitative estimate of drug-likeness (QED) is 0.790. The van der Waals surface area contributed by atoms with Crippen molar-refractivity contribution in [3.63, 3.8) is 0 Å². The third-order valence-electron chi connectivity index (χ3n) is 4.05. The van der Waals surface area contributed by atoms with Crippen LogP contribution in [0.15, 0.2) is 24.3 Å². The molecule has 1 aliphatic rings. The van der Waals surface area contributed by atoms with Gasteiger partial charge in [0.25, 0.3) is 0 Å². The van der Waals surface area contributed by atoms with Crippen LogP contribution < -0.4 is 10.1 Å². The SMILES string of the molecule is COCCOc1cccc(CNC(=O)N2CC(=O)N(C)[C@H](C)C2)c1. The lowest BCUT2D eigenvalue weighted by atomic mass is 10.2. The third-order valence-corrected chi connectivity index (χ3v) is 4.05. The maximum absolute atomic E-state index is 12.3. The van der Waals surface area contributed by atoms with Gasteiger partial charge in [-0.3, -0.25) is 4.79 Å². The molecule has 1 saturated heterocycles. The van der Waals surface area contributed by atoms with Gasteiger partial charge in [-0.05, 0) is 24.6 Å². The van der Waals surface area contributed by atoms with Crippen LogP contribution in [0.3, 0.4) is 0 Å². The van der Waals surface area contributed by atoms with Crippen molar-refractivity contribution in [2.24, 2.45) is 0 Å². The maximum Gasteiger partial charge on any atom is 0.318 e. The lowest BCUT2D eigenvalue weighted by Gasteiger charge is -2.37. The standard InChI is InChI=1S/C17H25N3O4/c1-13-11-20(12-16(21)19(13)2)17(22)18-10-14-5-4-6-15(9-14)24-8-7-23-3/h4-6,9,13H,7-8,10-12H2,1-3H3,(H,18,22)/t13-/m1/s1. The number of ether oxygens (including phenoxy) is 2. The molecule has 1 aromatic rings. The Morgan fingerprint density at radius 2 is 2.17 bits per heavy atom. The Balaban J connectivity index is 1.85. The number of nitrogens with one attached hydrogen (secondary N) is 1. The average Bonchev–Trinajstić information content (AvgIpc) is 2.57. The van der Waals surface area contributed by atoms with Gasteiger partial charge in [-0.2, -0.15) is 0 Å². The average molecular weight is 335 g/mol. The maximum atomic E-state index is 12.3. The van der Waals surface area contributed by atoms with Crippen molar-refractivity contribution >= 4 is 11.9 Å². The van der Waals surface area contributed by atoms with Crippen molar-refractivity contribution in [3.05, 3.63) is 29.8 Å². The number of hydrogen-bond acceptors (Lipinski definition) is 4. The second-order valence-corrected chi connectivity index (χ2v) is 5.88. The van der Waals surface area contributed by atoms with Crippen LogP contribution in [0.5, 0.6) is 5.75 Å². The fourth-order valence-corrected chi connectivity index (χ4v) is 2.46. The van der Waals surface area contributed by atoms with E-state index in [-0.39, 0.29) is 24.5 Å². The van der Waals surface area contributed by atoms with E-state index in [1.54, 1.807) is 24.0 Å². The summed E-state index contributed by atoms with van der Waals surface area (Å²) < 4.78 is 10.5. The summed E-state index contributed by atoms with van der Waals surface area (Å²) in [7, 11) is 3.39. The third kappa shape index (κ3) is 4.86. The molecule has 0 unspecified atom stereocenters. The topological polar surface area (TPSA) is 71.1 Å². The molecule has 0 spiro atoms. The Labute approximate surface area is 142 Å². The highest BCUT2D eigenvalue weighted by atomic mass is 16.5. The molecule has 24 heavy (non-hydrogen) atoms. The van der Waals surface area contributed by atoms with Crippen molar-refractivity contribution in [1.82, 2.24) is 15.1 Å². The number of amides is 3. The number of hydrogen-bond donors (Lipinski definition) is 1. The molecular formula is C17H25N3O4. The van der Waals surface area contributed by atoms with Crippen molar-refractivity contribution < 1.29 is 19.1 Å². The minimum absolute atomic E-state index is 0.0227. The van der Waals surface area contributed by atoms with Gasteiger partial charge in [0, 0.05) is 33.3 Å². The van der Waals surface area contributed by atoms with Gasteiger partial charge in [0.05, 0.1) is 6.61 Å². The molecule has 132 valence electrons. The van der Waals surface area contributed by atoms with E-state index in [9.17, 15) is 9.59 Å². The molecule has 7 heteroatoms. The van der Waals surface area contributed by atoms with Crippen LogP contribution in [0.4, 0.5) is 4.79 Å². The van der Waals surface area contributed by atoms with E-state index in [1.165, 1.54) is 0 Å². The molecule has 1 fully saturated rings. The second kappa shape index (κ2) is 8.54. The summed E-state index contributed by atoms with van der Waals surface area (Å²) in [5, 5.41) is 2.86. The second-order valence-electron chi connectivity index (χ2n) is 5.88. The summed E-state index contributed by atoms with van der Waals surface area (Å²) in [5.74, 6) is 0.694. The van der Waals surface area contributed by atoms with E-state index in [0.29, 0.717) is 26.3 Å². The minimum Gasteiger partial charge on any atom is -0.491 e. The Bertz CT molecular complexity index is 579. The molecule has 1 aliphatic heterocycles. The fourth-order valence-electron chi connectivity index (χ4n) is 2.46. The van der Waals surface area contributed by atoms with Gasteiger partial charge < -0.3 is 24.6 Å². The molecule has 0 aromatic heterocycles. The van der Waals surface area contributed by atoms with Crippen LogP contribution in [0, 0.1) is 0 Å². The molecule has 0 radical (unpaired) electrons. The number of piperazine rings is 1. The van der Waals surface area contributed by atoms with E-state index in [0.717, 1.165) is 11.3 Å². The monoisotopic (exact) mass is 335 g/mol. The van der Waals surface area contributed by atoms with E-state index in [1.807, 2.05) is 31.2 Å². The Morgan fingerprint density at radius 1 is 1.38 bits per heavy atom. The van der Waals surface area contributed by atoms with Gasteiger partial charge in [-0.1, -0.05) is 12.1 Å².